The second-order valence-corrected chi connectivity index (χ2v) is 4.53. The van der Waals surface area contributed by atoms with E-state index in [2.05, 4.69) is 15.5 Å². The van der Waals surface area contributed by atoms with Crippen LogP contribution in [-0.2, 0) is 4.79 Å². The SMILES string of the molecule is Cl.Cl.O=C(NCCN1CCCC1)[C@@H]1CCNC1. The molecule has 6 heteroatoms. The summed E-state index contributed by atoms with van der Waals surface area (Å²) in [5.74, 6) is 0.447. The molecule has 17 heavy (non-hydrogen) atoms. The first-order valence-electron chi connectivity index (χ1n) is 6.07. The van der Waals surface area contributed by atoms with Crippen molar-refractivity contribution in [3.8, 4) is 0 Å². The molecule has 0 aromatic rings. The van der Waals surface area contributed by atoms with Crippen LogP contribution in [0.3, 0.4) is 0 Å². The van der Waals surface area contributed by atoms with Gasteiger partial charge in [-0.2, -0.15) is 0 Å². The number of rotatable bonds is 4. The third-order valence-corrected chi connectivity index (χ3v) is 3.36. The maximum absolute atomic E-state index is 11.6. The predicted octanol–water partition coefficient (Wildman–Crippen LogP) is 0.651. The number of likely N-dealkylation sites (tertiary alicyclic amines) is 1. The van der Waals surface area contributed by atoms with Crippen molar-refractivity contribution in [2.45, 2.75) is 19.3 Å². The lowest BCUT2D eigenvalue weighted by molar-refractivity contribution is -0.124. The Bertz CT molecular complexity index is 217. The van der Waals surface area contributed by atoms with Crippen LogP contribution in [0.4, 0.5) is 0 Å². The molecule has 2 saturated heterocycles. The lowest BCUT2D eigenvalue weighted by Gasteiger charge is -2.16. The average Bonchev–Trinajstić information content (AvgIpc) is 2.90. The van der Waals surface area contributed by atoms with Gasteiger partial charge in [0.25, 0.3) is 0 Å². The van der Waals surface area contributed by atoms with Crippen LogP contribution < -0.4 is 10.6 Å². The molecular weight excluding hydrogens is 261 g/mol. The van der Waals surface area contributed by atoms with Gasteiger partial charge in [0.05, 0.1) is 5.92 Å². The number of carbonyl (C=O) groups is 1. The van der Waals surface area contributed by atoms with Crippen LogP contribution in [0.2, 0.25) is 0 Å². The molecule has 1 amide bonds. The van der Waals surface area contributed by atoms with Crippen LogP contribution in [0, 0.1) is 5.92 Å². The lowest BCUT2D eigenvalue weighted by Crippen LogP contribution is -2.37. The Morgan fingerprint density at radius 1 is 1.29 bits per heavy atom. The maximum Gasteiger partial charge on any atom is 0.224 e. The van der Waals surface area contributed by atoms with Crippen LogP contribution in [0.15, 0.2) is 0 Å². The van der Waals surface area contributed by atoms with Crippen molar-refractivity contribution in [2.75, 3.05) is 39.3 Å². The zero-order valence-electron chi connectivity index (χ0n) is 10.1. The van der Waals surface area contributed by atoms with Crippen LogP contribution in [0.25, 0.3) is 0 Å². The fourth-order valence-corrected chi connectivity index (χ4v) is 2.37. The fraction of sp³-hybridized carbons (Fsp3) is 0.909. The highest BCUT2D eigenvalue weighted by Crippen LogP contribution is 2.07. The highest BCUT2D eigenvalue weighted by molar-refractivity contribution is 5.85. The van der Waals surface area contributed by atoms with Crippen molar-refractivity contribution in [1.29, 1.82) is 0 Å². The van der Waals surface area contributed by atoms with E-state index in [9.17, 15) is 4.79 Å². The van der Waals surface area contributed by atoms with Gasteiger partial charge in [-0.1, -0.05) is 0 Å². The summed E-state index contributed by atoms with van der Waals surface area (Å²) in [5.41, 5.74) is 0. The molecule has 1 atom stereocenters. The minimum Gasteiger partial charge on any atom is -0.355 e. The monoisotopic (exact) mass is 283 g/mol. The van der Waals surface area contributed by atoms with Gasteiger partial charge in [0.2, 0.25) is 5.91 Å². The average molecular weight is 284 g/mol. The van der Waals surface area contributed by atoms with Gasteiger partial charge in [-0.3, -0.25) is 4.79 Å². The Kier molecular flexibility index (Phi) is 8.96. The number of carbonyl (C=O) groups excluding carboxylic acids is 1. The van der Waals surface area contributed by atoms with Crippen molar-refractivity contribution in [3.05, 3.63) is 0 Å². The molecule has 2 heterocycles. The van der Waals surface area contributed by atoms with Crippen LogP contribution in [0.1, 0.15) is 19.3 Å². The van der Waals surface area contributed by atoms with Gasteiger partial charge < -0.3 is 15.5 Å². The van der Waals surface area contributed by atoms with E-state index in [0.717, 1.165) is 32.6 Å². The lowest BCUT2D eigenvalue weighted by atomic mass is 10.1. The molecule has 0 saturated carbocycles. The van der Waals surface area contributed by atoms with E-state index >= 15 is 0 Å². The molecule has 2 aliphatic heterocycles. The molecule has 2 aliphatic rings. The van der Waals surface area contributed by atoms with Gasteiger partial charge in [0.1, 0.15) is 0 Å². The minimum absolute atomic E-state index is 0. The second-order valence-electron chi connectivity index (χ2n) is 4.53. The van der Waals surface area contributed by atoms with E-state index in [0.29, 0.717) is 0 Å². The highest BCUT2D eigenvalue weighted by Gasteiger charge is 2.22. The van der Waals surface area contributed by atoms with Crippen molar-refractivity contribution < 1.29 is 4.79 Å². The Hall–Kier alpha value is -0.0300. The second kappa shape index (κ2) is 8.97. The first-order valence-corrected chi connectivity index (χ1v) is 6.07. The van der Waals surface area contributed by atoms with Crippen LogP contribution in [0.5, 0.6) is 0 Å². The molecular formula is C11H23Cl2N3O. The van der Waals surface area contributed by atoms with Crippen molar-refractivity contribution in [1.82, 2.24) is 15.5 Å². The van der Waals surface area contributed by atoms with Crippen molar-refractivity contribution in [3.63, 3.8) is 0 Å². The summed E-state index contributed by atoms with van der Waals surface area (Å²) in [4.78, 5) is 14.1. The van der Waals surface area contributed by atoms with Crippen LogP contribution >= 0.6 is 24.8 Å². The molecule has 0 spiro atoms. The zero-order valence-corrected chi connectivity index (χ0v) is 11.7. The van der Waals surface area contributed by atoms with Gasteiger partial charge in [-0.15, -0.1) is 24.8 Å². The van der Waals surface area contributed by atoms with Gasteiger partial charge >= 0.3 is 0 Å². The molecule has 2 fully saturated rings. The Balaban J connectivity index is 0.00000128. The molecule has 0 aromatic carbocycles. The summed E-state index contributed by atoms with van der Waals surface area (Å²) >= 11 is 0. The Morgan fingerprint density at radius 2 is 2.00 bits per heavy atom. The number of hydrogen-bond acceptors (Lipinski definition) is 3. The summed E-state index contributed by atoms with van der Waals surface area (Å²) in [6, 6.07) is 0. The van der Waals surface area contributed by atoms with E-state index in [4.69, 9.17) is 0 Å². The zero-order chi connectivity index (χ0) is 10.5. The van der Waals surface area contributed by atoms with Crippen molar-refractivity contribution in [2.24, 2.45) is 5.92 Å². The summed E-state index contributed by atoms with van der Waals surface area (Å²) in [6.45, 7) is 6.10. The highest BCUT2D eigenvalue weighted by atomic mass is 35.5. The predicted molar refractivity (Wildman–Crippen MR) is 74.2 cm³/mol. The van der Waals surface area contributed by atoms with Gasteiger partial charge in [0, 0.05) is 19.6 Å². The van der Waals surface area contributed by atoms with Gasteiger partial charge in [-0.25, -0.2) is 0 Å². The molecule has 0 bridgehead atoms. The fourth-order valence-electron chi connectivity index (χ4n) is 2.37. The summed E-state index contributed by atoms with van der Waals surface area (Å²) in [5, 5.41) is 6.24. The van der Waals surface area contributed by atoms with Gasteiger partial charge in [-0.05, 0) is 38.9 Å². The smallest absolute Gasteiger partial charge is 0.224 e. The minimum atomic E-state index is 0. The largest absolute Gasteiger partial charge is 0.355 e. The molecule has 4 nitrogen and oxygen atoms in total. The molecule has 102 valence electrons. The summed E-state index contributed by atoms with van der Waals surface area (Å²) in [7, 11) is 0. The maximum atomic E-state index is 11.6. The molecule has 0 radical (unpaired) electrons. The van der Waals surface area contributed by atoms with E-state index in [1.807, 2.05) is 0 Å². The van der Waals surface area contributed by atoms with Crippen LogP contribution in [-0.4, -0.2) is 50.1 Å². The van der Waals surface area contributed by atoms with E-state index in [-0.39, 0.29) is 36.6 Å². The molecule has 0 unspecified atom stereocenters. The number of nitrogens with zero attached hydrogens (tertiary/aromatic N) is 1. The molecule has 2 N–H and O–H groups in total. The quantitative estimate of drug-likeness (QED) is 0.797. The number of hydrogen-bond donors (Lipinski definition) is 2. The molecule has 0 aromatic heterocycles. The first-order chi connectivity index (χ1) is 7.36. The number of halogens is 2. The third-order valence-electron chi connectivity index (χ3n) is 3.36. The van der Waals surface area contributed by atoms with E-state index < -0.39 is 0 Å². The van der Waals surface area contributed by atoms with Gasteiger partial charge in [0.15, 0.2) is 0 Å². The first kappa shape index (κ1) is 17.0. The van der Waals surface area contributed by atoms with E-state index in [1.165, 1.54) is 25.9 Å². The Labute approximate surface area is 116 Å². The van der Waals surface area contributed by atoms with Crippen molar-refractivity contribution >= 4 is 30.7 Å². The normalized spacial score (nSPS) is 23.9. The molecule has 2 rings (SSSR count). The Morgan fingerprint density at radius 3 is 2.59 bits per heavy atom. The van der Waals surface area contributed by atoms with E-state index in [1.54, 1.807) is 0 Å². The number of nitrogens with one attached hydrogen (secondary N) is 2. The topological polar surface area (TPSA) is 44.4 Å². The third kappa shape index (κ3) is 5.42. The molecule has 0 aliphatic carbocycles. The summed E-state index contributed by atoms with van der Waals surface area (Å²) < 4.78 is 0. The summed E-state index contributed by atoms with van der Waals surface area (Å²) in [6.07, 6.45) is 3.64. The standard InChI is InChI=1S/C11H21N3O.2ClH/c15-11(10-3-4-12-9-10)13-5-8-14-6-1-2-7-14;;/h10,12H,1-9H2,(H,13,15);2*1H/t10-;;/m1../s1. The number of amides is 1.